The largest absolute Gasteiger partial charge is 0.388 e. The summed E-state index contributed by atoms with van der Waals surface area (Å²) in [6.07, 6.45) is 0. The Bertz CT molecular complexity index is 799. The Morgan fingerprint density at radius 1 is 1.08 bits per heavy atom. The van der Waals surface area contributed by atoms with Gasteiger partial charge in [0.1, 0.15) is 6.61 Å². The molecule has 0 aliphatic rings. The molecule has 26 heavy (non-hydrogen) atoms. The van der Waals surface area contributed by atoms with Gasteiger partial charge in [0.25, 0.3) is 5.91 Å². The molecule has 2 rings (SSSR count). The van der Waals surface area contributed by atoms with Crippen LogP contribution in [0.25, 0.3) is 11.1 Å². The minimum absolute atomic E-state index is 0.351. The number of Topliss-reactive ketones (excluding diaryl/α,β-unsaturated/α-hetero) is 1. The molecule has 2 aromatic carbocycles. The lowest BCUT2D eigenvalue weighted by Crippen LogP contribution is -2.52. The monoisotopic (exact) mass is 354 g/mol. The summed E-state index contributed by atoms with van der Waals surface area (Å²) in [4.78, 5) is 37.5. The molecule has 0 aromatic heterocycles. The second-order valence-electron chi connectivity index (χ2n) is 5.95. The summed E-state index contributed by atoms with van der Waals surface area (Å²) in [6, 6.07) is 13.5. The normalized spacial score (nSPS) is 11.5. The summed E-state index contributed by atoms with van der Waals surface area (Å²) in [5, 5.41) is 11.4. The van der Waals surface area contributed by atoms with E-state index in [-0.39, 0.29) is 0 Å². The van der Waals surface area contributed by atoms with E-state index >= 15 is 0 Å². The van der Waals surface area contributed by atoms with Crippen molar-refractivity contribution < 1.29 is 19.5 Å². The Kier molecular flexibility index (Phi) is 6.25. The number of nitrogens with zero attached hydrogens (tertiary/aromatic N) is 1. The molecule has 1 unspecified atom stereocenters. The summed E-state index contributed by atoms with van der Waals surface area (Å²) in [5.41, 5.74) is 3.51. The van der Waals surface area contributed by atoms with Gasteiger partial charge < -0.3 is 15.3 Å². The van der Waals surface area contributed by atoms with Gasteiger partial charge in [-0.1, -0.05) is 36.4 Å². The fraction of sp³-hybridized carbons (Fsp3) is 0.250. The van der Waals surface area contributed by atoms with E-state index in [4.69, 9.17) is 5.11 Å². The minimum Gasteiger partial charge on any atom is -0.388 e. The first kappa shape index (κ1) is 19.3. The van der Waals surface area contributed by atoms with Crippen LogP contribution in [-0.4, -0.2) is 54.3 Å². The number of nitrogens with one attached hydrogen (secondary N) is 1. The number of carbonyl (C=O) groups is 3. The van der Waals surface area contributed by atoms with Crippen LogP contribution in [0.15, 0.2) is 48.5 Å². The molecule has 6 nitrogen and oxygen atoms in total. The SMILES string of the molecule is CNC(=O)C(C(=O)CO)N(C)C(=O)c1ccc(-c2ccccc2C)cc1. The molecular formula is C20H22N2O4. The van der Waals surface area contributed by atoms with Gasteiger partial charge in [0.05, 0.1) is 0 Å². The number of rotatable bonds is 6. The highest BCUT2D eigenvalue weighted by Gasteiger charge is 2.32. The number of benzene rings is 2. The highest BCUT2D eigenvalue weighted by atomic mass is 16.3. The van der Waals surface area contributed by atoms with E-state index in [1.807, 2.05) is 43.3 Å². The van der Waals surface area contributed by atoms with Crippen LogP contribution >= 0.6 is 0 Å². The summed E-state index contributed by atoms with van der Waals surface area (Å²) in [6.45, 7) is 1.19. The lowest BCUT2D eigenvalue weighted by Gasteiger charge is -2.25. The zero-order chi connectivity index (χ0) is 19.3. The molecular weight excluding hydrogens is 332 g/mol. The number of carbonyl (C=O) groups excluding carboxylic acids is 3. The first-order valence-electron chi connectivity index (χ1n) is 8.19. The predicted molar refractivity (Wildman–Crippen MR) is 98.7 cm³/mol. The Morgan fingerprint density at radius 2 is 1.69 bits per heavy atom. The fourth-order valence-electron chi connectivity index (χ4n) is 2.77. The average molecular weight is 354 g/mol. The van der Waals surface area contributed by atoms with Gasteiger partial charge in [-0.05, 0) is 35.7 Å². The van der Waals surface area contributed by atoms with Crippen LogP contribution in [0.5, 0.6) is 0 Å². The second-order valence-corrected chi connectivity index (χ2v) is 5.95. The summed E-state index contributed by atoms with van der Waals surface area (Å²) >= 11 is 0. The van der Waals surface area contributed by atoms with Crippen LogP contribution in [-0.2, 0) is 9.59 Å². The second kappa shape index (κ2) is 8.40. The smallest absolute Gasteiger partial charge is 0.254 e. The van der Waals surface area contributed by atoms with E-state index in [1.54, 1.807) is 12.1 Å². The standard InChI is InChI=1S/C20H22N2O4/c1-13-6-4-5-7-16(13)14-8-10-15(11-9-14)20(26)22(3)18(17(24)12-23)19(25)21-2/h4-11,18,23H,12H2,1-3H3,(H,21,25). The van der Waals surface area contributed by atoms with Crippen LogP contribution in [0, 0.1) is 6.92 Å². The first-order chi connectivity index (χ1) is 12.4. The molecule has 0 radical (unpaired) electrons. The van der Waals surface area contributed by atoms with Crippen molar-refractivity contribution in [2.45, 2.75) is 13.0 Å². The molecule has 0 spiro atoms. The number of hydrogen-bond donors (Lipinski definition) is 2. The molecule has 6 heteroatoms. The highest BCUT2D eigenvalue weighted by molar-refractivity contribution is 6.10. The van der Waals surface area contributed by atoms with Crippen molar-refractivity contribution >= 4 is 17.6 Å². The lowest BCUT2D eigenvalue weighted by molar-refractivity contribution is -0.135. The molecule has 0 aliphatic carbocycles. The van der Waals surface area contributed by atoms with E-state index in [9.17, 15) is 14.4 Å². The summed E-state index contributed by atoms with van der Waals surface area (Å²) < 4.78 is 0. The molecule has 0 bridgehead atoms. The third-order valence-electron chi connectivity index (χ3n) is 4.25. The molecule has 0 heterocycles. The summed E-state index contributed by atoms with van der Waals surface area (Å²) in [7, 11) is 2.74. The maximum atomic E-state index is 12.7. The van der Waals surface area contributed by atoms with E-state index in [0.29, 0.717) is 5.56 Å². The van der Waals surface area contributed by atoms with Crippen LogP contribution in [0.1, 0.15) is 15.9 Å². The van der Waals surface area contributed by atoms with Crippen LogP contribution in [0.3, 0.4) is 0 Å². The van der Waals surface area contributed by atoms with Gasteiger partial charge in [-0.25, -0.2) is 0 Å². The maximum Gasteiger partial charge on any atom is 0.254 e. The highest BCUT2D eigenvalue weighted by Crippen LogP contribution is 2.23. The van der Waals surface area contributed by atoms with Crippen LogP contribution in [0.4, 0.5) is 0 Å². The third-order valence-corrected chi connectivity index (χ3v) is 4.25. The van der Waals surface area contributed by atoms with Gasteiger partial charge >= 0.3 is 0 Å². The average Bonchev–Trinajstić information content (AvgIpc) is 2.67. The maximum absolute atomic E-state index is 12.7. The Hall–Kier alpha value is -2.99. The van der Waals surface area contributed by atoms with Gasteiger partial charge in [0.15, 0.2) is 11.8 Å². The Morgan fingerprint density at radius 3 is 2.23 bits per heavy atom. The zero-order valence-electron chi connectivity index (χ0n) is 15.0. The number of aliphatic hydroxyl groups excluding tert-OH is 1. The molecule has 0 fully saturated rings. The topological polar surface area (TPSA) is 86.7 Å². The fourth-order valence-corrected chi connectivity index (χ4v) is 2.77. The van der Waals surface area contributed by atoms with Gasteiger partial charge in [0, 0.05) is 19.7 Å². The Labute approximate surface area is 152 Å². The van der Waals surface area contributed by atoms with Gasteiger partial charge in [-0.2, -0.15) is 0 Å². The molecule has 2 N–H and O–H groups in total. The van der Waals surface area contributed by atoms with E-state index in [1.165, 1.54) is 14.1 Å². The Balaban J connectivity index is 2.27. The predicted octanol–water partition coefficient (Wildman–Crippen LogP) is 1.41. The summed E-state index contributed by atoms with van der Waals surface area (Å²) in [5.74, 6) is -1.86. The van der Waals surface area contributed by atoms with Crippen molar-refractivity contribution in [2.75, 3.05) is 20.7 Å². The van der Waals surface area contributed by atoms with Gasteiger partial charge in [-0.15, -0.1) is 0 Å². The molecule has 2 aromatic rings. The van der Waals surface area contributed by atoms with Crippen molar-refractivity contribution in [2.24, 2.45) is 0 Å². The molecule has 0 saturated carbocycles. The number of likely N-dealkylation sites (N-methyl/N-ethyl adjacent to an activating group) is 2. The molecule has 0 saturated heterocycles. The minimum atomic E-state index is -1.37. The molecule has 136 valence electrons. The number of aliphatic hydroxyl groups is 1. The molecule has 2 amide bonds. The first-order valence-corrected chi connectivity index (χ1v) is 8.19. The number of ketones is 1. The van der Waals surface area contributed by atoms with Crippen molar-refractivity contribution in [3.63, 3.8) is 0 Å². The number of aryl methyl sites for hydroxylation is 1. The third kappa shape index (κ3) is 3.97. The van der Waals surface area contributed by atoms with E-state index in [2.05, 4.69) is 5.32 Å². The van der Waals surface area contributed by atoms with Crippen LogP contribution in [0.2, 0.25) is 0 Å². The number of amides is 2. The van der Waals surface area contributed by atoms with E-state index < -0.39 is 30.2 Å². The quantitative estimate of drug-likeness (QED) is 0.768. The van der Waals surface area contributed by atoms with Crippen molar-refractivity contribution in [1.29, 1.82) is 0 Å². The lowest BCUT2D eigenvalue weighted by atomic mass is 9.99. The zero-order valence-corrected chi connectivity index (χ0v) is 15.0. The van der Waals surface area contributed by atoms with Crippen molar-refractivity contribution in [3.8, 4) is 11.1 Å². The van der Waals surface area contributed by atoms with Crippen molar-refractivity contribution in [3.05, 3.63) is 59.7 Å². The van der Waals surface area contributed by atoms with Gasteiger partial charge in [-0.3, -0.25) is 14.4 Å². The molecule has 0 aliphatic heterocycles. The van der Waals surface area contributed by atoms with Crippen LogP contribution < -0.4 is 5.32 Å². The van der Waals surface area contributed by atoms with E-state index in [0.717, 1.165) is 21.6 Å². The molecule has 1 atom stereocenters. The van der Waals surface area contributed by atoms with Crippen molar-refractivity contribution in [1.82, 2.24) is 10.2 Å². The van der Waals surface area contributed by atoms with Gasteiger partial charge in [0.2, 0.25) is 5.91 Å². The number of hydrogen-bond acceptors (Lipinski definition) is 4.